The van der Waals surface area contributed by atoms with Gasteiger partial charge in [0.2, 0.25) is 5.91 Å². The molecule has 8 heteroatoms. The average Bonchev–Trinajstić information content (AvgIpc) is 3.15. The number of nitrogens with zero attached hydrogens (tertiary/aromatic N) is 5. The first kappa shape index (κ1) is 19.0. The molecule has 1 aliphatic rings. The maximum absolute atomic E-state index is 12.5. The van der Waals surface area contributed by atoms with Gasteiger partial charge in [-0.2, -0.15) is 5.10 Å². The second-order valence-corrected chi connectivity index (χ2v) is 7.40. The minimum absolute atomic E-state index is 0.0311. The monoisotopic (exact) mass is 393 g/mol. The van der Waals surface area contributed by atoms with Crippen LogP contribution in [-0.4, -0.2) is 44.0 Å². The lowest BCUT2D eigenvalue weighted by atomic mass is 9.96. The number of amides is 1. The molecule has 1 saturated heterocycles. The van der Waals surface area contributed by atoms with Gasteiger partial charge in [0.1, 0.15) is 11.4 Å². The molecule has 0 N–H and O–H groups in total. The second kappa shape index (κ2) is 8.38. The van der Waals surface area contributed by atoms with E-state index in [1.807, 2.05) is 35.2 Å². The standard InChI is InChI=1S/C21H23N5O3/c1-15-19(24-29-23-15)13-21(28)25-11-9-16(10-12-25)14-26-20(27)8-7-18(22-26)17-5-3-2-4-6-17/h2-8,16H,9-14H2,1H3. The van der Waals surface area contributed by atoms with E-state index in [-0.39, 0.29) is 17.9 Å². The van der Waals surface area contributed by atoms with E-state index in [9.17, 15) is 9.59 Å². The number of hydrogen-bond donors (Lipinski definition) is 0. The summed E-state index contributed by atoms with van der Waals surface area (Å²) in [5.74, 6) is 0.342. The molecule has 29 heavy (non-hydrogen) atoms. The van der Waals surface area contributed by atoms with Gasteiger partial charge in [-0.1, -0.05) is 40.6 Å². The molecule has 0 bridgehead atoms. The summed E-state index contributed by atoms with van der Waals surface area (Å²) >= 11 is 0. The van der Waals surface area contributed by atoms with Gasteiger partial charge in [-0.05, 0) is 31.7 Å². The van der Waals surface area contributed by atoms with Crippen molar-refractivity contribution < 1.29 is 9.42 Å². The highest BCUT2D eigenvalue weighted by atomic mass is 16.6. The zero-order chi connectivity index (χ0) is 20.2. The Balaban J connectivity index is 1.37. The van der Waals surface area contributed by atoms with E-state index in [2.05, 4.69) is 20.0 Å². The number of hydrogen-bond acceptors (Lipinski definition) is 6. The fraction of sp³-hybridized carbons (Fsp3) is 0.381. The quantitative estimate of drug-likeness (QED) is 0.659. The lowest BCUT2D eigenvalue weighted by Crippen LogP contribution is -2.41. The van der Waals surface area contributed by atoms with Crippen LogP contribution >= 0.6 is 0 Å². The first-order valence-corrected chi connectivity index (χ1v) is 9.79. The van der Waals surface area contributed by atoms with Crippen LogP contribution in [0.5, 0.6) is 0 Å². The Hall–Kier alpha value is -3.29. The molecule has 0 atom stereocenters. The van der Waals surface area contributed by atoms with E-state index >= 15 is 0 Å². The van der Waals surface area contributed by atoms with E-state index in [0.717, 1.165) is 24.1 Å². The number of piperidine rings is 1. The van der Waals surface area contributed by atoms with Crippen molar-refractivity contribution in [2.24, 2.45) is 5.92 Å². The van der Waals surface area contributed by atoms with Crippen LogP contribution in [0.2, 0.25) is 0 Å². The van der Waals surface area contributed by atoms with Crippen LogP contribution in [0.1, 0.15) is 24.2 Å². The number of aromatic nitrogens is 4. The first-order valence-electron chi connectivity index (χ1n) is 9.79. The lowest BCUT2D eigenvalue weighted by molar-refractivity contribution is -0.132. The molecular formula is C21H23N5O3. The largest absolute Gasteiger partial charge is 0.342 e. The summed E-state index contributed by atoms with van der Waals surface area (Å²) in [5, 5.41) is 12.0. The van der Waals surface area contributed by atoms with Crippen LogP contribution in [0, 0.1) is 12.8 Å². The molecule has 1 amide bonds. The molecule has 3 heterocycles. The summed E-state index contributed by atoms with van der Waals surface area (Å²) in [6, 6.07) is 13.2. The average molecular weight is 393 g/mol. The summed E-state index contributed by atoms with van der Waals surface area (Å²) in [6.07, 6.45) is 1.89. The summed E-state index contributed by atoms with van der Waals surface area (Å²) in [5.41, 5.74) is 2.91. The van der Waals surface area contributed by atoms with Gasteiger partial charge < -0.3 is 4.90 Å². The maximum atomic E-state index is 12.5. The van der Waals surface area contributed by atoms with Crippen LogP contribution in [0.4, 0.5) is 0 Å². The number of carbonyl (C=O) groups excluding carboxylic acids is 1. The van der Waals surface area contributed by atoms with Crippen molar-refractivity contribution in [3.63, 3.8) is 0 Å². The van der Waals surface area contributed by atoms with Crippen molar-refractivity contribution in [2.75, 3.05) is 13.1 Å². The highest BCUT2D eigenvalue weighted by Gasteiger charge is 2.25. The molecule has 0 radical (unpaired) electrons. The Morgan fingerprint density at radius 1 is 1.10 bits per heavy atom. The van der Waals surface area contributed by atoms with Crippen LogP contribution in [-0.2, 0) is 17.8 Å². The summed E-state index contributed by atoms with van der Waals surface area (Å²) in [7, 11) is 0. The third-order valence-corrected chi connectivity index (χ3v) is 5.40. The SMILES string of the molecule is Cc1nonc1CC(=O)N1CCC(Cn2nc(-c3ccccc3)ccc2=O)CC1. The Bertz CT molecular complexity index is 1040. The third kappa shape index (κ3) is 4.42. The molecular weight excluding hydrogens is 370 g/mol. The van der Waals surface area contributed by atoms with Crippen LogP contribution < -0.4 is 5.56 Å². The highest BCUT2D eigenvalue weighted by Crippen LogP contribution is 2.20. The van der Waals surface area contributed by atoms with E-state index in [1.54, 1.807) is 23.7 Å². The normalized spacial score (nSPS) is 14.9. The van der Waals surface area contributed by atoms with Crippen LogP contribution in [0.3, 0.4) is 0 Å². The topological polar surface area (TPSA) is 94.1 Å². The zero-order valence-corrected chi connectivity index (χ0v) is 16.3. The van der Waals surface area contributed by atoms with Gasteiger partial charge in [-0.3, -0.25) is 9.59 Å². The van der Waals surface area contributed by atoms with E-state index in [1.165, 1.54) is 0 Å². The number of aryl methyl sites for hydroxylation is 1. The van der Waals surface area contributed by atoms with Gasteiger partial charge >= 0.3 is 0 Å². The number of rotatable bonds is 5. The van der Waals surface area contributed by atoms with E-state index in [4.69, 9.17) is 0 Å². The molecule has 0 spiro atoms. The number of likely N-dealkylation sites (tertiary alicyclic amines) is 1. The first-order chi connectivity index (χ1) is 14.1. The molecule has 1 aromatic carbocycles. The molecule has 150 valence electrons. The number of carbonyl (C=O) groups is 1. The predicted octanol–water partition coefficient (Wildman–Crippen LogP) is 2.08. The van der Waals surface area contributed by atoms with Gasteiger partial charge in [-0.25, -0.2) is 9.31 Å². The summed E-state index contributed by atoms with van der Waals surface area (Å²) in [6.45, 7) is 3.68. The smallest absolute Gasteiger partial charge is 0.266 e. The maximum Gasteiger partial charge on any atom is 0.266 e. The molecule has 1 aliphatic heterocycles. The van der Waals surface area contributed by atoms with Gasteiger partial charge in [-0.15, -0.1) is 0 Å². The lowest BCUT2D eigenvalue weighted by Gasteiger charge is -2.32. The van der Waals surface area contributed by atoms with E-state index in [0.29, 0.717) is 36.9 Å². The van der Waals surface area contributed by atoms with Crippen molar-refractivity contribution in [3.8, 4) is 11.3 Å². The second-order valence-electron chi connectivity index (χ2n) is 7.40. The van der Waals surface area contributed by atoms with Gasteiger partial charge in [0.25, 0.3) is 5.56 Å². The minimum atomic E-state index is -0.0998. The van der Waals surface area contributed by atoms with Crippen LogP contribution in [0.25, 0.3) is 11.3 Å². The third-order valence-electron chi connectivity index (χ3n) is 5.40. The minimum Gasteiger partial charge on any atom is -0.342 e. The van der Waals surface area contributed by atoms with E-state index < -0.39 is 0 Å². The summed E-state index contributed by atoms with van der Waals surface area (Å²) in [4.78, 5) is 26.6. The highest BCUT2D eigenvalue weighted by molar-refractivity contribution is 5.78. The molecule has 0 saturated carbocycles. The Morgan fingerprint density at radius 3 is 2.55 bits per heavy atom. The molecule has 0 unspecified atom stereocenters. The van der Waals surface area contributed by atoms with Crippen LogP contribution in [0.15, 0.2) is 51.9 Å². The van der Waals surface area contributed by atoms with Crippen molar-refractivity contribution in [3.05, 3.63) is 64.2 Å². The van der Waals surface area contributed by atoms with Gasteiger partial charge in [0, 0.05) is 31.3 Å². The molecule has 4 rings (SSSR count). The molecule has 0 aliphatic carbocycles. The zero-order valence-electron chi connectivity index (χ0n) is 16.3. The predicted molar refractivity (Wildman–Crippen MR) is 106 cm³/mol. The summed E-state index contributed by atoms with van der Waals surface area (Å²) < 4.78 is 6.21. The van der Waals surface area contributed by atoms with Crippen molar-refractivity contribution in [2.45, 2.75) is 32.7 Å². The fourth-order valence-corrected chi connectivity index (χ4v) is 3.62. The molecule has 1 fully saturated rings. The van der Waals surface area contributed by atoms with Crippen molar-refractivity contribution in [1.29, 1.82) is 0 Å². The van der Waals surface area contributed by atoms with Crippen molar-refractivity contribution in [1.82, 2.24) is 25.0 Å². The van der Waals surface area contributed by atoms with Gasteiger partial charge in [0.15, 0.2) is 0 Å². The number of benzene rings is 1. The molecule has 8 nitrogen and oxygen atoms in total. The Labute approximate surface area is 168 Å². The molecule has 3 aromatic rings. The van der Waals surface area contributed by atoms with Crippen molar-refractivity contribution >= 4 is 5.91 Å². The Morgan fingerprint density at radius 2 is 1.86 bits per heavy atom. The molecule has 2 aromatic heterocycles. The fourth-order valence-electron chi connectivity index (χ4n) is 3.62. The Kier molecular flexibility index (Phi) is 5.50. The van der Waals surface area contributed by atoms with Gasteiger partial charge in [0.05, 0.1) is 12.1 Å².